The van der Waals surface area contributed by atoms with Gasteiger partial charge in [0, 0.05) is 12.1 Å². The minimum absolute atomic E-state index is 0.435. The van der Waals surface area contributed by atoms with E-state index in [0.717, 1.165) is 0 Å². The van der Waals surface area contributed by atoms with Crippen molar-refractivity contribution in [2.75, 3.05) is 0 Å². The van der Waals surface area contributed by atoms with Crippen molar-refractivity contribution in [1.82, 2.24) is 0 Å². The standard InChI is InChI=1S/C6H5NO7S/c8-5-2-3(15(12,13)14)1-4(6(5)9)7(10)11/h1-2,8-9H,(H,12,13,14). The zero-order valence-electron chi connectivity index (χ0n) is 6.98. The van der Waals surface area contributed by atoms with Crippen molar-refractivity contribution in [2.24, 2.45) is 0 Å². The first kappa shape index (κ1) is 11.2. The van der Waals surface area contributed by atoms with E-state index in [1.807, 2.05) is 0 Å². The van der Waals surface area contributed by atoms with Gasteiger partial charge in [0.15, 0.2) is 5.75 Å². The largest absolute Gasteiger partial charge is 0.504 e. The second kappa shape index (κ2) is 3.37. The first-order chi connectivity index (χ1) is 6.73. The number of benzene rings is 1. The quantitative estimate of drug-likeness (QED) is 0.289. The Hall–Kier alpha value is -1.87. The third-order valence-corrected chi connectivity index (χ3v) is 2.37. The fourth-order valence-electron chi connectivity index (χ4n) is 0.867. The lowest BCUT2D eigenvalue weighted by molar-refractivity contribution is -0.386. The summed E-state index contributed by atoms with van der Waals surface area (Å²) < 4.78 is 29.8. The summed E-state index contributed by atoms with van der Waals surface area (Å²) in [6.45, 7) is 0. The first-order valence-corrected chi connectivity index (χ1v) is 4.85. The summed E-state index contributed by atoms with van der Waals surface area (Å²) in [5.74, 6) is -2.07. The first-order valence-electron chi connectivity index (χ1n) is 3.41. The topological polar surface area (TPSA) is 138 Å². The second-order valence-corrected chi connectivity index (χ2v) is 3.96. The second-order valence-electron chi connectivity index (χ2n) is 2.54. The Labute approximate surface area is 83.3 Å². The zero-order valence-corrected chi connectivity index (χ0v) is 7.80. The minimum Gasteiger partial charge on any atom is -0.504 e. The highest BCUT2D eigenvalue weighted by Gasteiger charge is 2.23. The van der Waals surface area contributed by atoms with Gasteiger partial charge in [-0.05, 0) is 0 Å². The number of rotatable bonds is 2. The van der Waals surface area contributed by atoms with E-state index in [1.54, 1.807) is 0 Å². The Kier molecular flexibility index (Phi) is 2.51. The fourth-order valence-corrected chi connectivity index (χ4v) is 1.39. The molecule has 0 heterocycles. The number of nitrogens with zero attached hydrogens (tertiary/aromatic N) is 1. The summed E-state index contributed by atoms with van der Waals surface area (Å²) in [6, 6.07) is 0.933. The van der Waals surface area contributed by atoms with Crippen molar-refractivity contribution in [1.29, 1.82) is 0 Å². The SMILES string of the molecule is O=[N+]([O-])c1cc(S(=O)(=O)O)cc(O)c1O. The van der Waals surface area contributed by atoms with Crippen molar-refractivity contribution in [3.63, 3.8) is 0 Å². The third kappa shape index (κ3) is 2.14. The van der Waals surface area contributed by atoms with Gasteiger partial charge in [-0.2, -0.15) is 8.42 Å². The van der Waals surface area contributed by atoms with Gasteiger partial charge in [0.1, 0.15) is 4.90 Å². The van der Waals surface area contributed by atoms with E-state index in [4.69, 9.17) is 14.8 Å². The van der Waals surface area contributed by atoms with Gasteiger partial charge in [0.2, 0.25) is 5.75 Å². The summed E-state index contributed by atoms with van der Waals surface area (Å²) in [5.41, 5.74) is -1.01. The average Bonchev–Trinajstić information content (AvgIpc) is 2.06. The highest BCUT2D eigenvalue weighted by molar-refractivity contribution is 7.85. The molecule has 0 amide bonds. The number of aromatic hydroxyl groups is 2. The number of nitro benzene ring substituents is 1. The average molecular weight is 235 g/mol. The van der Waals surface area contributed by atoms with Gasteiger partial charge < -0.3 is 10.2 Å². The van der Waals surface area contributed by atoms with Crippen LogP contribution in [0.15, 0.2) is 17.0 Å². The van der Waals surface area contributed by atoms with Gasteiger partial charge >= 0.3 is 5.69 Å². The summed E-state index contributed by atoms with van der Waals surface area (Å²) in [7, 11) is -4.67. The van der Waals surface area contributed by atoms with Gasteiger partial charge in [0.05, 0.1) is 4.92 Å². The molecule has 0 atom stereocenters. The van der Waals surface area contributed by atoms with Crippen LogP contribution in [0.3, 0.4) is 0 Å². The molecule has 1 aromatic rings. The normalized spacial score (nSPS) is 11.3. The van der Waals surface area contributed by atoms with Gasteiger partial charge in [-0.3, -0.25) is 14.7 Å². The summed E-state index contributed by atoms with van der Waals surface area (Å²) in [4.78, 5) is 8.35. The summed E-state index contributed by atoms with van der Waals surface area (Å²) in [5, 5.41) is 28.3. The molecule has 0 aliphatic carbocycles. The molecule has 8 nitrogen and oxygen atoms in total. The van der Waals surface area contributed by atoms with Crippen LogP contribution in [0.5, 0.6) is 11.5 Å². The van der Waals surface area contributed by atoms with Crippen LogP contribution >= 0.6 is 0 Å². The maximum absolute atomic E-state index is 10.6. The van der Waals surface area contributed by atoms with E-state index in [0.29, 0.717) is 12.1 Å². The minimum atomic E-state index is -4.67. The fraction of sp³-hybridized carbons (Fsp3) is 0. The maximum Gasteiger partial charge on any atom is 0.316 e. The van der Waals surface area contributed by atoms with Crippen LogP contribution in [0.1, 0.15) is 0 Å². The lowest BCUT2D eigenvalue weighted by atomic mass is 10.3. The number of phenolic OH excluding ortho intramolecular Hbond substituents is 2. The van der Waals surface area contributed by atoms with Crippen LogP contribution in [0.4, 0.5) is 5.69 Å². The van der Waals surface area contributed by atoms with E-state index in [9.17, 15) is 18.5 Å². The van der Waals surface area contributed by atoms with Gasteiger partial charge in [-0.25, -0.2) is 0 Å². The molecule has 0 radical (unpaired) electrons. The monoisotopic (exact) mass is 235 g/mol. The van der Waals surface area contributed by atoms with Gasteiger partial charge in [-0.15, -0.1) is 0 Å². The maximum atomic E-state index is 10.6. The van der Waals surface area contributed by atoms with E-state index in [-0.39, 0.29) is 0 Å². The third-order valence-electron chi connectivity index (χ3n) is 1.54. The van der Waals surface area contributed by atoms with Crippen molar-refractivity contribution >= 4 is 15.8 Å². The molecule has 9 heteroatoms. The highest BCUT2D eigenvalue weighted by atomic mass is 32.2. The summed E-state index contributed by atoms with van der Waals surface area (Å²) >= 11 is 0. The number of nitro groups is 1. The number of phenols is 2. The summed E-state index contributed by atoms with van der Waals surface area (Å²) in [6.07, 6.45) is 0. The van der Waals surface area contributed by atoms with E-state index in [2.05, 4.69) is 0 Å². The number of hydrogen-bond acceptors (Lipinski definition) is 6. The van der Waals surface area contributed by atoms with E-state index < -0.39 is 37.1 Å². The Morgan fingerprint density at radius 1 is 1.27 bits per heavy atom. The van der Waals surface area contributed by atoms with Crippen molar-refractivity contribution in [2.45, 2.75) is 4.90 Å². The van der Waals surface area contributed by atoms with Crippen LogP contribution in [-0.4, -0.2) is 28.1 Å². The predicted molar refractivity (Wildman–Crippen MR) is 46.2 cm³/mol. The Balaban J connectivity index is 3.57. The van der Waals surface area contributed by atoms with E-state index >= 15 is 0 Å². The van der Waals surface area contributed by atoms with Gasteiger partial charge in [-0.1, -0.05) is 0 Å². The highest BCUT2D eigenvalue weighted by Crippen LogP contribution is 2.37. The molecular formula is C6H5NO7S. The lowest BCUT2D eigenvalue weighted by Crippen LogP contribution is -1.99. The van der Waals surface area contributed by atoms with Crippen molar-refractivity contribution < 1.29 is 28.1 Å². The van der Waals surface area contributed by atoms with Gasteiger partial charge in [0.25, 0.3) is 10.1 Å². The van der Waals surface area contributed by atoms with Crippen LogP contribution in [-0.2, 0) is 10.1 Å². The molecule has 0 unspecified atom stereocenters. The van der Waals surface area contributed by atoms with Crippen molar-refractivity contribution in [3.8, 4) is 11.5 Å². The molecule has 0 saturated heterocycles. The predicted octanol–water partition coefficient (Wildman–Crippen LogP) is 0.253. The molecule has 15 heavy (non-hydrogen) atoms. The van der Waals surface area contributed by atoms with Crippen molar-refractivity contribution in [3.05, 3.63) is 22.2 Å². The molecular weight excluding hydrogens is 230 g/mol. The molecule has 0 fully saturated rings. The van der Waals surface area contributed by atoms with Crippen LogP contribution in [0.25, 0.3) is 0 Å². The van der Waals surface area contributed by atoms with Crippen LogP contribution < -0.4 is 0 Å². The molecule has 1 aromatic carbocycles. The Morgan fingerprint density at radius 2 is 1.80 bits per heavy atom. The van der Waals surface area contributed by atoms with Crippen LogP contribution in [0.2, 0.25) is 0 Å². The molecule has 0 spiro atoms. The molecule has 0 saturated carbocycles. The molecule has 0 aliphatic rings. The zero-order chi connectivity index (χ0) is 11.8. The van der Waals surface area contributed by atoms with Crippen LogP contribution in [0, 0.1) is 10.1 Å². The molecule has 0 bridgehead atoms. The molecule has 0 aliphatic heterocycles. The molecule has 3 N–H and O–H groups in total. The Morgan fingerprint density at radius 3 is 2.20 bits per heavy atom. The molecule has 82 valence electrons. The molecule has 0 aromatic heterocycles. The Bertz CT molecular complexity index is 521. The molecule has 1 rings (SSSR count). The lowest BCUT2D eigenvalue weighted by Gasteiger charge is -2.01. The number of hydrogen-bond donors (Lipinski definition) is 3. The van der Waals surface area contributed by atoms with E-state index in [1.165, 1.54) is 0 Å². The smallest absolute Gasteiger partial charge is 0.316 e.